The van der Waals surface area contributed by atoms with Crippen molar-refractivity contribution in [2.24, 2.45) is 0 Å². The molecule has 22 heavy (non-hydrogen) atoms. The molecule has 1 aromatic carbocycles. The number of nitro benzene ring substituents is 1. The third-order valence-electron chi connectivity index (χ3n) is 3.83. The van der Waals surface area contributed by atoms with Gasteiger partial charge in [0.1, 0.15) is 0 Å². The molecular formula is C15H20N2O5. The number of hydrogen-bond acceptors (Lipinski definition) is 5. The van der Waals surface area contributed by atoms with Gasteiger partial charge in [-0.1, -0.05) is 0 Å². The molecule has 0 bridgehead atoms. The molecule has 1 aromatic rings. The van der Waals surface area contributed by atoms with E-state index in [0.29, 0.717) is 5.75 Å². The number of carbonyl (C=O) groups is 1. The molecule has 0 aromatic heterocycles. The molecule has 1 atom stereocenters. The maximum Gasteiger partial charge on any atom is 0.273 e. The average molecular weight is 308 g/mol. The molecule has 2 rings (SSSR count). The van der Waals surface area contributed by atoms with Crippen LogP contribution in [-0.2, 0) is 4.79 Å². The van der Waals surface area contributed by atoms with E-state index in [-0.39, 0.29) is 30.0 Å². The van der Waals surface area contributed by atoms with Gasteiger partial charge < -0.3 is 14.4 Å². The van der Waals surface area contributed by atoms with E-state index in [0.717, 1.165) is 25.8 Å². The lowest BCUT2D eigenvalue weighted by molar-refractivity contribution is -0.384. The average Bonchev–Trinajstić information content (AvgIpc) is 2.52. The first-order valence-corrected chi connectivity index (χ1v) is 7.27. The molecule has 1 amide bonds. The molecule has 1 aliphatic rings. The summed E-state index contributed by atoms with van der Waals surface area (Å²) in [5.74, 6) is 0.493. The van der Waals surface area contributed by atoms with Crippen LogP contribution in [0.1, 0.15) is 26.2 Å². The van der Waals surface area contributed by atoms with Gasteiger partial charge >= 0.3 is 0 Å². The molecule has 0 N–H and O–H groups in total. The van der Waals surface area contributed by atoms with Crippen molar-refractivity contribution >= 4 is 11.6 Å². The highest BCUT2D eigenvalue weighted by molar-refractivity contribution is 5.78. The quantitative estimate of drug-likeness (QED) is 0.616. The molecule has 0 aliphatic carbocycles. The minimum absolute atomic E-state index is 0.0763. The molecular weight excluding hydrogens is 288 g/mol. The van der Waals surface area contributed by atoms with Crippen LogP contribution in [0.25, 0.3) is 0 Å². The van der Waals surface area contributed by atoms with Crippen LogP contribution >= 0.6 is 0 Å². The predicted molar refractivity (Wildman–Crippen MR) is 80.2 cm³/mol. The van der Waals surface area contributed by atoms with Crippen molar-refractivity contribution < 1.29 is 19.2 Å². The maximum atomic E-state index is 12.2. The first kappa shape index (κ1) is 16.1. The molecule has 7 heteroatoms. The molecule has 1 aliphatic heterocycles. The zero-order chi connectivity index (χ0) is 16.1. The van der Waals surface area contributed by atoms with Crippen molar-refractivity contribution in [3.8, 4) is 11.5 Å². The smallest absolute Gasteiger partial charge is 0.273 e. The summed E-state index contributed by atoms with van der Waals surface area (Å²) < 4.78 is 10.6. The van der Waals surface area contributed by atoms with Crippen molar-refractivity contribution in [1.82, 2.24) is 4.90 Å². The second-order valence-electron chi connectivity index (χ2n) is 5.31. The van der Waals surface area contributed by atoms with Crippen molar-refractivity contribution in [3.63, 3.8) is 0 Å². The van der Waals surface area contributed by atoms with E-state index in [2.05, 4.69) is 0 Å². The molecule has 0 radical (unpaired) electrons. The SMILES string of the molecule is COc1cc([N+](=O)[O-])ccc1OCC(=O)N1CCCCC1C. The summed E-state index contributed by atoms with van der Waals surface area (Å²) in [6.45, 7) is 2.68. The highest BCUT2D eigenvalue weighted by Crippen LogP contribution is 2.31. The number of rotatable bonds is 5. The topological polar surface area (TPSA) is 81.9 Å². The minimum Gasteiger partial charge on any atom is -0.493 e. The number of hydrogen-bond donors (Lipinski definition) is 0. The van der Waals surface area contributed by atoms with Gasteiger partial charge in [0.15, 0.2) is 18.1 Å². The van der Waals surface area contributed by atoms with Crippen LogP contribution in [0.15, 0.2) is 18.2 Å². The Bertz CT molecular complexity index is 561. The number of piperidine rings is 1. The lowest BCUT2D eigenvalue weighted by Gasteiger charge is -2.33. The fourth-order valence-corrected chi connectivity index (χ4v) is 2.58. The summed E-state index contributed by atoms with van der Waals surface area (Å²) in [4.78, 5) is 24.3. The van der Waals surface area contributed by atoms with E-state index in [4.69, 9.17) is 9.47 Å². The fourth-order valence-electron chi connectivity index (χ4n) is 2.58. The van der Waals surface area contributed by atoms with E-state index in [9.17, 15) is 14.9 Å². The molecule has 120 valence electrons. The fraction of sp³-hybridized carbons (Fsp3) is 0.533. The van der Waals surface area contributed by atoms with Gasteiger partial charge in [0.25, 0.3) is 11.6 Å². The van der Waals surface area contributed by atoms with Crippen LogP contribution in [-0.4, -0.2) is 42.0 Å². The van der Waals surface area contributed by atoms with Gasteiger partial charge in [-0.15, -0.1) is 0 Å². The first-order chi connectivity index (χ1) is 10.5. The van der Waals surface area contributed by atoms with E-state index in [1.807, 2.05) is 11.8 Å². The Balaban J connectivity index is 2.01. The van der Waals surface area contributed by atoms with Crippen molar-refractivity contribution in [2.75, 3.05) is 20.3 Å². The molecule has 0 spiro atoms. The molecule has 7 nitrogen and oxygen atoms in total. The molecule has 1 unspecified atom stereocenters. The summed E-state index contributed by atoms with van der Waals surface area (Å²) in [5.41, 5.74) is -0.0832. The number of carbonyl (C=O) groups excluding carboxylic acids is 1. The summed E-state index contributed by atoms with van der Waals surface area (Å²) in [6, 6.07) is 4.28. The number of likely N-dealkylation sites (tertiary alicyclic amines) is 1. The third kappa shape index (κ3) is 3.66. The molecule has 0 saturated carbocycles. The lowest BCUT2D eigenvalue weighted by atomic mass is 10.0. The Labute approximate surface area is 129 Å². The highest BCUT2D eigenvalue weighted by atomic mass is 16.6. The van der Waals surface area contributed by atoms with Crippen LogP contribution in [0, 0.1) is 10.1 Å². The second kappa shape index (κ2) is 7.11. The standard InChI is InChI=1S/C15H20N2O5/c1-11-5-3-4-8-16(11)15(18)10-22-13-7-6-12(17(19)20)9-14(13)21-2/h6-7,9,11H,3-5,8,10H2,1-2H3. The van der Waals surface area contributed by atoms with Crippen LogP contribution < -0.4 is 9.47 Å². The predicted octanol–water partition coefficient (Wildman–Crippen LogP) is 2.38. The van der Waals surface area contributed by atoms with Crippen molar-refractivity contribution in [1.29, 1.82) is 0 Å². The van der Waals surface area contributed by atoms with Gasteiger partial charge in [-0.3, -0.25) is 14.9 Å². The summed E-state index contributed by atoms with van der Waals surface area (Å²) in [7, 11) is 1.40. The molecule has 1 saturated heterocycles. The van der Waals surface area contributed by atoms with E-state index < -0.39 is 4.92 Å². The number of nitrogens with zero attached hydrogens (tertiary/aromatic N) is 2. The van der Waals surface area contributed by atoms with Crippen LogP contribution in [0.4, 0.5) is 5.69 Å². The van der Waals surface area contributed by atoms with Gasteiger partial charge in [0.05, 0.1) is 18.1 Å². The second-order valence-corrected chi connectivity index (χ2v) is 5.31. The van der Waals surface area contributed by atoms with Crippen LogP contribution in [0.2, 0.25) is 0 Å². The molecule has 1 heterocycles. The number of amides is 1. The van der Waals surface area contributed by atoms with Crippen LogP contribution in [0.5, 0.6) is 11.5 Å². The van der Waals surface area contributed by atoms with Gasteiger partial charge in [0.2, 0.25) is 0 Å². The lowest BCUT2D eigenvalue weighted by Crippen LogP contribution is -2.44. The third-order valence-corrected chi connectivity index (χ3v) is 3.83. The summed E-state index contributed by atoms with van der Waals surface area (Å²) >= 11 is 0. The monoisotopic (exact) mass is 308 g/mol. The Kier molecular flexibility index (Phi) is 5.19. The summed E-state index contributed by atoms with van der Waals surface area (Å²) in [6.07, 6.45) is 3.16. The highest BCUT2D eigenvalue weighted by Gasteiger charge is 2.23. The van der Waals surface area contributed by atoms with Gasteiger partial charge in [0, 0.05) is 18.7 Å². The van der Waals surface area contributed by atoms with E-state index in [1.165, 1.54) is 25.3 Å². The Hall–Kier alpha value is -2.31. The summed E-state index contributed by atoms with van der Waals surface area (Å²) in [5, 5.41) is 10.7. The maximum absolute atomic E-state index is 12.2. The van der Waals surface area contributed by atoms with Crippen molar-refractivity contribution in [3.05, 3.63) is 28.3 Å². The number of nitro groups is 1. The Morgan fingerprint density at radius 2 is 2.18 bits per heavy atom. The zero-order valence-electron chi connectivity index (χ0n) is 12.8. The normalized spacial score (nSPS) is 17.9. The Morgan fingerprint density at radius 1 is 1.41 bits per heavy atom. The largest absolute Gasteiger partial charge is 0.493 e. The minimum atomic E-state index is -0.507. The first-order valence-electron chi connectivity index (χ1n) is 7.27. The Morgan fingerprint density at radius 3 is 2.82 bits per heavy atom. The van der Waals surface area contributed by atoms with E-state index >= 15 is 0 Å². The number of ether oxygens (including phenoxy) is 2. The van der Waals surface area contributed by atoms with Gasteiger partial charge in [-0.25, -0.2) is 0 Å². The number of methoxy groups -OCH3 is 1. The van der Waals surface area contributed by atoms with Crippen LogP contribution in [0.3, 0.4) is 0 Å². The van der Waals surface area contributed by atoms with Gasteiger partial charge in [-0.2, -0.15) is 0 Å². The number of non-ortho nitro benzene ring substituents is 1. The number of benzene rings is 1. The molecule has 1 fully saturated rings. The van der Waals surface area contributed by atoms with E-state index in [1.54, 1.807) is 0 Å². The zero-order valence-corrected chi connectivity index (χ0v) is 12.8. The van der Waals surface area contributed by atoms with Gasteiger partial charge in [-0.05, 0) is 32.3 Å². The van der Waals surface area contributed by atoms with Crippen molar-refractivity contribution in [2.45, 2.75) is 32.2 Å².